The molecule has 0 atom stereocenters. The molecule has 2 rings (SSSR count). The van der Waals surface area contributed by atoms with Crippen LogP contribution in [0.15, 0.2) is 48.3 Å². The van der Waals surface area contributed by atoms with Crippen molar-refractivity contribution in [3.63, 3.8) is 0 Å². The third-order valence-corrected chi connectivity index (χ3v) is 3.35. The Morgan fingerprint density at radius 2 is 2.12 bits per heavy atom. The number of rotatable bonds is 4. The van der Waals surface area contributed by atoms with E-state index >= 15 is 0 Å². The van der Waals surface area contributed by atoms with E-state index in [1.807, 2.05) is 16.9 Å². The van der Waals surface area contributed by atoms with E-state index in [0.717, 1.165) is 17.4 Å². The van der Waals surface area contributed by atoms with Crippen molar-refractivity contribution in [2.75, 3.05) is 5.33 Å². The van der Waals surface area contributed by atoms with Crippen LogP contribution in [0, 0.1) is 0 Å². The van der Waals surface area contributed by atoms with Crippen molar-refractivity contribution in [1.29, 1.82) is 0 Å². The number of hydrogen-bond donors (Lipinski definition) is 0. The predicted molar refractivity (Wildman–Crippen MR) is 75.2 cm³/mol. The number of nitrogens with zero attached hydrogens (tertiary/aromatic N) is 2. The summed E-state index contributed by atoms with van der Waals surface area (Å²) in [7, 11) is 0. The van der Waals surface area contributed by atoms with Crippen LogP contribution in [0.25, 0.3) is 6.08 Å². The molecule has 0 N–H and O–H groups in total. The Labute approximate surface area is 110 Å². The second-order valence-corrected chi connectivity index (χ2v) is 4.64. The largest absolute Gasteiger partial charge is 0.268 e. The summed E-state index contributed by atoms with van der Waals surface area (Å²) < 4.78 is 1.96. The molecule has 0 fully saturated rings. The van der Waals surface area contributed by atoms with Crippen LogP contribution in [0.1, 0.15) is 18.1 Å². The van der Waals surface area contributed by atoms with Crippen LogP contribution >= 0.6 is 15.9 Å². The second-order valence-electron chi connectivity index (χ2n) is 4.08. The van der Waals surface area contributed by atoms with Crippen LogP contribution in [0.3, 0.4) is 0 Å². The lowest BCUT2D eigenvalue weighted by Crippen LogP contribution is -1.99. The first-order chi connectivity index (χ1) is 8.28. The number of benzene rings is 1. The Hall–Kier alpha value is -1.35. The standard InChI is InChI=1S/C14H15BrN2/c1-12(8-15)7-14-9-16-17(11-14)10-13-5-3-2-4-6-13/h2-7,9,11H,8,10H2,1H3/b12-7-. The van der Waals surface area contributed by atoms with Gasteiger partial charge in [0.05, 0.1) is 12.7 Å². The molecular formula is C14H15BrN2. The molecule has 0 amide bonds. The highest BCUT2D eigenvalue weighted by molar-refractivity contribution is 9.09. The van der Waals surface area contributed by atoms with Gasteiger partial charge in [0.25, 0.3) is 0 Å². The molecule has 1 heterocycles. The number of hydrogen-bond acceptors (Lipinski definition) is 1. The highest BCUT2D eigenvalue weighted by Gasteiger charge is 1.98. The molecule has 0 radical (unpaired) electrons. The second kappa shape index (κ2) is 5.82. The molecule has 0 aliphatic heterocycles. The van der Waals surface area contributed by atoms with Gasteiger partial charge in [0.1, 0.15) is 0 Å². The van der Waals surface area contributed by atoms with E-state index in [1.165, 1.54) is 11.1 Å². The van der Waals surface area contributed by atoms with Crippen LogP contribution in [-0.4, -0.2) is 15.1 Å². The lowest BCUT2D eigenvalue weighted by atomic mass is 10.2. The van der Waals surface area contributed by atoms with Gasteiger partial charge < -0.3 is 0 Å². The maximum Gasteiger partial charge on any atom is 0.0659 e. The maximum atomic E-state index is 4.36. The summed E-state index contributed by atoms with van der Waals surface area (Å²) in [6.07, 6.45) is 6.11. The molecule has 2 nitrogen and oxygen atoms in total. The van der Waals surface area contributed by atoms with Gasteiger partial charge in [0.2, 0.25) is 0 Å². The molecular weight excluding hydrogens is 276 g/mol. The predicted octanol–water partition coefficient (Wildman–Crippen LogP) is 3.73. The van der Waals surface area contributed by atoms with E-state index in [4.69, 9.17) is 0 Å². The number of aromatic nitrogens is 2. The van der Waals surface area contributed by atoms with Crippen LogP contribution in [0.4, 0.5) is 0 Å². The minimum atomic E-state index is 0.821. The average molecular weight is 291 g/mol. The first-order valence-corrected chi connectivity index (χ1v) is 6.69. The van der Waals surface area contributed by atoms with Crippen molar-refractivity contribution < 1.29 is 0 Å². The lowest BCUT2D eigenvalue weighted by Gasteiger charge is -2.00. The summed E-state index contributed by atoms with van der Waals surface area (Å²) in [6, 6.07) is 10.4. The van der Waals surface area contributed by atoms with E-state index in [1.54, 1.807) is 0 Å². The lowest BCUT2D eigenvalue weighted by molar-refractivity contribution is 0.687. The SMILES string of the molecule is C/C(=C/c1cnn(Cc2ccccc2)c1)CBr. The molecule has 0 spiro atoms. The number of alkyl halides is 1. The zero-order chi connectivity index (χ0) is 12.1. The van der Waals surface area contributed by atoms with Gasteiger partial charge in [-0.3, -0.25) is 4.68 Å². The van der Waals surface area contributed by atoms with Gasteiger partial charge in [-0.2, -0.15) is 5.10 Å². The van der Waals surface area contributed by atoms with Crippen LogP contribution in [-0.2, 0) is 6.54 Å². The van der Waals surface area contributed by atoms with Crippen LogP contribution in [0.5, 0.6) is 0 Å². The summed E-state index contributed by atoms with van der Waals surface area (Å²) in [4.78, 5) is 0. The Balaban J connectivity index is 2.09. The Bertz CT molecular complexity index is 500. The smallest absolute Gasteiger partial charge is 0.0659 e. The summed E-state index contributed by atoms with van der Waals surface area (Å²) in [5, 5.41) is 5.26. The minimum absolute atomic E-state index is 0.821. The van der Waals surface area contributed by atoms with Crippen molar-refractivity contribution in [1.82, 2.24) is 9.78 Å². The summed E-state index contributed by atoms with van der Waals surface area (Å²) in [6.45, 7) is 2.92. The molecule has 2 aromatic rings. The average Bonchev–Trinajstić information content (AvgIpc) is 2.77. The molecule has 0 saturated carbocycles. The fourth-order valence-corrected chi connectivity index (χ4v) is 1.80. The van der Waals surface area contributed by atoms with E-state index in [0.29, 0.717) is 0 Å². The zero-order valence-electron chi connectivity index (χ0n) is 9.81. The summed E-state index contributed by atoms with van der Waals surface area (Å²) in [5.41, 5.74) is 3.71. The monoisotopic (exact) mass is 290 g/mol. The minimum Gasteiger partial charge on any atom is -0.268 e. The topological polar surface area (TPSA) is 17.8 Å². The van der Waals surface area contributed by atoms with Gasteiger partial charge in [0, 0.05) is 17.1 Å². The molecule has 17 heavy (non-hydrogen) atoms. The molecule has 0 unspecified atom stereocenters. The summed E-state index contributed by atoms with van der Waals surface area (Å²) in [5.74, 6) is 0. The third kappa shape index (κ3) is 3.56. The molecule has 0 bridgehead atoms. The highest BCUT2D eigenvalue weighted by Crippen LogP contribution is 2.09. The quantitative estimate of drug-likeness (QED) is 0.785. The van der Waals surface area contributed by atoms with Crippen molar-refractivity contribution in [2.45, 2.75) is 13.5 Å². The van der Waals surface area contributed by atoms with Gasteiger partial charge in [-0.05, 0) is 12.5 Å². The Kier molecular flexibility index (Phi) is 4.15. The number of allylic oxidation sites excluding steroid dienone is 1. The van der Waals surface area contributed by atoms with Crippen molar-refractivity contribution >= 4 is 22.0 Å². The van der Waals surface area contributed by atoms with Gasteiger partial charge in [-0.15, -0.1) is 0 Å². The van der Waals surface area contributed by atoms with Gasteiger partial charge >= 0.3 is 0 Å². The van der Waals surface area contributed by atoms with Crippen molar-refractivity contribution in [3.05, 3.63) is 59.4 Å². The molecule has 3 heteroatoms. The first-order valence-electron chi connectivity index (χ1n) is 5.57. The highest BCUT2D eigenvalue weighted by atomic mass is 79.9. The van der Waals surface area contributed by atoms with Gasteiger partial charge in [0.15, 0.2) is 0 Å². The Morgan fingerprint density at radius 3 is 2.82 bits per heavy atom. The molecule has 0 aliphatic carbocycles. The molecule has 88 valence electrons. The first kappa shape index (κ1) is 12.1. The van der Waals surface area contributed by atoms with E-state index in [-0.39, 0.29) is 0 Å². The third-order valence-electron chi connectivity index (χ3n) is 2.46. The fraction of sp³-hybridized carbons (Fsp3) is 0.214. The normalized spacial score (nSPS) is 11.8. The van der Waals surface area contributed by atoms with Crippen molar-refractivity contribution in [3.8, 4) is 0 Å². The molecule has 0 aliphatic rings. The van der Waals surface area contributed by atoms with E-state index in [2.05, 4.69) is 64.5 Å². The van der Waals surface area contributed by atoms with E-state index < -0.39 is 0 Å². The maximum absolute atomic E-state index is 4.36. The fourth-order valence-electron chi connectivity index (χ4n) is 1.63. The van der Waals surface area contributed by atoms with Gasteiger partial charge in [-0.1, -0.05) is 57.9 Å². The molecule has 0 saturated heterocycles. The Morgan fingerprint density at radius 1 is 1.35 bits per heavy atom. The van der Waals surface area contributed by atoms with Crippen LogP contribution < -0.4 is 0 Å². The van der Waals surface area contributed by atoms with Crippen molar-refractivity contribution in [2.24, 2.45) is 0 Å². The van der Waals surface area contributed by atoms with Crippen LogP contribution in [0.2, 0.25) is 0 Å². The molecule has 1 aromatic carbocycles. The van der Waals surface area contributed by atoms with E-state index in [9.17, 15) is 0 Å². The number of halogens is 1. The zero-order valence-corrected chi connectivity index (χ0v) is 11.4. The molecule has 1 aromatic heterocycles. The summed E-state index contributed by atoms with van der Waals surface area (Å²) >= 11 is 3.44. The van der Waals surface area contributed by atoms with Gasteiger partial charge in [-0.25, -0.2) is 0 Å².